The smallest absolute Gasteiger partial charge is 0.325 e. The first-order chi connectivity index (χ1) is 23.1. The maximum absolute atomic E-state index is 13.8. The number of rotatable bonds is 11. The number of hydrogen-bond acceptors (Lipinski definition) is 12. The third kappa shape index (κ3) is 7.13. The minimum Gasteiger partial charge on any atom is -0.493 e. The second-order valence-electron chi connectivity index (χ2n) is 11.2. The molecule has 5 aromatic rings. The van der Waals surface area contributed by atoms with Gasteiger partial charge in [0, 0.05) is 38.1 Å². The van der Waals surface area contributed by atoms with Gasteiger partial charge >= 0.3 is 5.97 Å². The van der Waals surface area contributed by atoms with Crippen molar-refractivity contribution in [2.24, 2.45) is 7.05 Å². The third-order valence-corrected chi connectivity index (χ3v) is 12.7. The number of carbonyl (C=O) groups is 1. The average Bonchev–Trinajstić information content (AvgIpc) is 3.64. The van der Waals surface area contributed by atoms with Gasteiger partial charge in [-0.05, 0) is 67.4 Å². The number of sulfonamides is 1. The van der Waals surface area contributed by atoms with Crippen LogP contribution in [0.3, 0.4) is 0 Å². The van der Waals surface area contributed by atoms with Gasteiger partial charge in [0.25, 0.3) is 5.56 Å². The first-order valence-corrected chi connectivity index (χ1v) is 19.4. The lowest BCUT2D eigenvalue weighted by molar-refractivity contribution is -0.135. The number of aryl methyl sites for hydroxylation is 2. The van der Waals surface area contributed by atoms with Gasteiger partial charge in [-0.2, -0.15) is 9.40 Å². The number of hydrogen-bond donors (Lipinski definition) is 1. The molecule has 2 aromatic carbocycles. The summed E-state index contributed by atoms with van der Waals surface area (Å²) in [7, 11) is 0.920. The molecule has 1 N–H and O–H groups in total. The van der Waals surface area contributed by atoms with Crippen LogP contribution in [0.2, 0.25) is 0 Å². The van der Waals surface area contributed by atoms with Crippen molar-refractivity contribution in [3.63, 3.8) is 0 Å². The van der Waals surface area contributed by atoms with Gasteiger partial charge in [-0.25, -0.2) is 13.4 Å². The van der Waals surface area contributed by atoms with Crippen LogP contribution in [0.25, 0.3) is 32.9 Å². The van der Waals surface area contributed by atoms with Crippen molar-refractivity contribution in [2.75, 3.05) is 39.3 Å². The van der Waals surface area contributed by atoms with Gasteiger partial charge in [0.15, 0.2) is 5.52 Å². The van der Waals surface area contributed by atoms with Crippen LogP contribution in [0, 0.1) is 3.82 Å². The van der Waals surface area contributed by atoms with Gasteiger partial charge in [-0.3, -0.25) is 19.2 Å². The Bertz CT molecular complexity index is 2180. The minimum atomic E-state index is -3.92. The van der Waals surface area contributed by atoms with E-state index in [1.54, 1.807) is 45.9 Å². The molecule has 0 unspecified atom stereocenters. The number of nitrogens with one attached hydrogen (secondary N) is 1. The molecule has 3 aromatic heterocycles. The first kappa shape index (κ1) is 34.1. The maximum atomic E-state index is 13.8. The summed E-state index contributed by atoms with van der Waals surface area (Å²) in [5, 5.41) is 4.48. The van der Waals surface area contributed by atoms with E-state index in [4.69, 9.17) is 26.7 Å². The molecule has 0 atom stereocenters. The zero-order chi connectivity index (χ0) is 34.0. The topological polar surface area (TPSA) is 140 Å². The van der Waals surface area contributed by atoms with E-state index in [1.165, 1.54) is 21.1 Å². The normalized spacial score (nSPS) is 14.4. The molecule has 12 nitrogen and oxygen atoms in total. The molecule has 4 heterocycles. The molecule has 16 heteroatoms. The summed E-state index contributed by atoms with van der Waals surface area (Å²) in [5.41, 5.74) is 2.52. The molecule has 1 fully saturated rings. The van der Waals surface area contributed by atoms with Crippen molar-refractivity contribution >= 4 is 59.9 Å². The van der Waals surface area contributed by atoms with E-state index in [0.29, 0.717) is 59.9 Å². The standard InChI is InChI=1S/C32H34N6O6S4/c1-4-6-24-29-30(36(3)35-24)32(40)34-31(33-29)23-17-22(11-12-25(23)43-5-2)48(41,42)38-15-13-37(14-16-38)19-27(39)44-21-9-7-20(8-10-21)26-18-28(45)47-46-26/h7-12,17-18H,4-6,13-16,19H2,1-3H3,(H,33,34,40). The van der Waals surface area contributed by atoms with Crippen LogP contribution in [0.1, 0.15) is 26.0 Å². The maximum Gasteiger partial charge on any atom is 0.325 e. The van der Waals surface area contributed by atoms with E-state index < -0.39 is 16.0 Å². The molecule has 0 radical (unpaired) electrons. The Labute approximate surface area is 290 Å². The number of ether oxygens (including phenoxy) is 2. The van der Waals surface area contributed by atoms with E-state index in [2.05, 4.69) is 10.1 Å². The lowest BCUT2D eigenvalue weighted by atomic mass is 10.1. The van der Waals surface area contributed by atoms with Crippen molar-refractivity contribution in [1.82, 2.24) is 29.0 Å². The van der Waals surface area contributed by atoms with Gasteiger partial charge in [0.2, 0.25) is 10.0 Å². The molecule has 6 rings (SSSR count). The molecular formula is C32H34N6O6S4. The quantitative estimate of drug-likeness (QED) is 0.0846. The molecule has 0 amide bonds. The SMILES string of the molecule is CCCc1nn(C)c2c(=O)[nH]c(-c3cc(S(=O)(=O)N4CCN(CC(=O)Oc5ccc(-c6cc(=S)ss6)cc5)CC4)ccc3OCC)nc12. The highest BCUT2D eigenvalue weighted by atomic mass is 32.9. The van der Waals surface area contributed by atoms with Crippen LogP contribution in [-0.4, -0.2) is 82.7 Å². The number of nitrogens with zero attached hydrogens (tertiary/aromatic N) is 5. The molecule has 252 valence electrons. The number of esters is 1. The molecule has 0 spiro atoms. The lowest BCUT2D eigenvalue weighted by Crippen LogP contribution is -2.50. The molecule has 1 aliphatic heterocycles. The number of benzene rings is 2. The average molecular weight is 727 g/mol. The Morgan fingerprint density at radius 1 is 1.04 bits per heavy atom. The summed E-state index contributed by atoms with van der Waals surface area (Å²) in [5.74, 6) is 0.621. The minimum absolute atomic E-state index is 0.0324. The van der Waals surface area contributed by atoms with Crippen LogP contribution >= 0.6 is 32.9 Å². The van der Waals surface area contributed by atoms with E-state index in [9.17, 15) is 18.0 Å². The Morgan fingerprint density at radius 3 is 2.46 bits per heavy atom. The second-order valence-corrected chi connectivity index (χ2v) is 16.0. The number of fused-ring (bicyclic) bond motifs is 1. The predicted molar refractivity (Wildman–Crippen MR) is 189 cm³/mol. The lowest BCUT2D eigenvalue weighted by Gasteiger charge is -2.33. The monoisotopic (exact) mass is 726 g/mol. The highest BCUT2D eigenvalue weighted by molar-refractivity contribution is 7.89. The van der Waals surface area contributed by atoms with Crippen molar-refractivity contribution in [3.8, 4) is 33.3 Å². The predicted octanol–water partition coefficient (Wildman–Crippen LogP) is 5.11. The van der Waals surface area contributed by atoms with Gasteiger partial charge in [0.1, 0.15) is 26.7 Å². The van der Waals surface area contributed by atoms with Gasteiger partial charge in [-0.1, -0.05) is 46.2 Å². The molecule has 48 heavy (non-hydrogen) atoms. The zero-order valence-corrected chi connectivity index (χ0v) is 29.9. The van der Waals surface area contributed by atoms with Gasteiger partial charge in [0.05, 0.1) is 29.3 Å². The summed E-state index contributed by atoms with van der Waals surface area (Å²) in [6.45, 7) is 5.30. The van der Waals surface area contributed by atoms with Crippen LogP contribution in [0.15, 0.2) is 58.2 Å². The summed E-state index contributed by atoms with van der Waals surface area (Å²) >= 11 is 5.21. The number of aromatic amines is 1. The number of piperazine rings is 1. The summed E-state index contributed by atoms with van der Waals surface area (Å²) in [6, 6.07) is 13.8. The first-order valence-electron chi connectivity index (χ1n) is 15.4. The van der Waals surface area contributed by atoms with Crippen LogP contribution in [-0.2, 0) is 28.3 Å². The summed E-state index contributed by atoms with van der Waals surface area (Å²) in [6.07, 6.45) is 1.47. The van der Waals surface area contributed by atoms with Crippen LogP contribution < -0.4 is 15.0 Å². The summed E-state index contributed by atoms with van der Waals surface area (Å²) < 4.78 is 42.8. The fourth-order valence-electron chi connectivity index (χ4n) is 5.60. The van der Waals surface area contributed by atoms with Crippen molar-refractivity contribution < 1.29 is 22.7 Å². The highest BCUT2D eigenvalue weighted by Crippen LogP contribution is 2.33. The Morgan fingerprint density at radius 2 is 1.79 bits per heavy atom. The summed E-state index contributed by atoms with van der Waals surface area (Å²) in [4.78, 5) is 36.3. The number of carbonyl (C=O) groups excluding carboxylic acids is 1. The van der Waals surface area contributed by atoms with Crippen molar-refractivity contribution in [2.45, 2.75) is 31.6 Å². The molecule has 0 bridgehead atoms. The Balaban J connectivity index is 1.15. The molecule has 0 saturated carbocycles. The van der Waals surface area contributed by atoms with E-state index in [-0.39, 0.29) is 35.9 Å². The zero-order valence-electron chi connectivity index (χ0n) is 26.6. The molecular weight excluding hydrogens is 693 g/mol. The number of H-pyrrole nitrogens is 1. The highest BCUT2D eigenvalue weighted by Gasteiger charge is 2.30. The second kappa shape index (κ2) is 14.4. The molecule has 1 aliphatic rings. The van der Waals surface area contributed by atoms with Crippen LogP contribution in [0.4, 0.5) is 0 Å². The third-order valence-electron chi connectivity index (χ3n) is 7.91. The van der Waals surface area contributed by atoms with Crippen molar-refractivity contribution in [1.29, 1.82) is 0 Å². The Hall–Kier alpha value is -3.80. The number of aromatic nitrogens is 4. The van der Waals surface area contributed by atoms with E-state index in [1.807, 2.05) is 36.9 Å². The van der Waals surface area contributed by atoms with Gasteiger partial charge in [-0.15, -0.1) is 0 Å². The fourth-order valence-corrected chi connectivity index (χ4v) is 9.45. The van der Waals surface area contributed by atoms with Crippen LogP contribution in [0.5, 0.6) is 11.5 Å². The van der Waals surface area contributed by atoms with Gasteiger partial charge < -0.3 is 14.5 Å². The van der Waals surface area contributed by atoms with E-state index >= 15 is 0 Å². The molecule has 0 aliphatic carbocycles. The van der Waals surface area contributed by atoms with Crippen molar-refractivity contribution in [3.05, 3.63) is 68.4 Å². The Kier molecular flexibility index (Phi) is 10.2. The van der Waals surface area contributed by atoms with E-state index in [0.717, 1.165) is 20.7 Å². The fraction of sp³-hybridized carbons (Fsp3) is 0.344. The molecule has 1 saturated heterocycles. The largest absolute Gasteiger partial charge is 0.493 e.